The highest BCUT2D eigenvalue weighted by atomic mass is 79.9. The zero-order valence-electron chi connectivity index (χ0n) is 5.97. The molecule has 2 nitrogen and oxygen atoms in total. The van der Waals surface area contributed by atoms with Gasteiger partial charge >= 0.3 is 0 Å². The van der Waals surface area contributed by atoms with Crippen LogP contribution in [-0.2, 0) is 0 Å². The maximum Gasteiger partial charge on any atom is 0.0491 e. The molecule has 0 radical (unpaired) electrons. The van der Waals surface area contributed by atoms with Gasteiger partial charge in [0.25, 0.3) is 0 Å². The van der Waals surface area contributed by atoms with Crippen LogP contribution in [0.4, 0.5) is 5.69 Å². The van der Waals surface area contributed by atoms with Gasteiger partial charge in [-0.2, -0.15) is 0 Å². The number of nitrogens with one attached hydrogen (secondary N) is 1. The molecule has 1 atom stereocenters. The molecular formula is C8H9BrN2. The highest BCUT2D eigenvalue weighted by molar-refractivity contribution is 9.10. The predicted octanol–water partition coefficient (Wildman–Crippen LogP) is 1.87. The molecule has 0 amide bonds. The SMILES string of the molecule is NC1CNc2cc(Br)ccc21. The third-order valence-corrected chi connectivity index (χ3v) is 2.42. The summed E-state index contributed by atoms with van der Waals surface area (Å²) in [5.41, 5.74) is 8.19. The van der Waals surface area contributed by atoms with Crippen molar-refractivity contribution in [3.8, 4) is 0 Å². The van der Waals surface area contributed by atoms with E-state index in [1.165, 1.54) is 5.56 Å². The first-order valence-corrected chi connectivity index (χ1v) is 4.35. The Morgan fingerprint density at radius 1 is 1.55 bits per heavy atom. The maximum atomic E-state index is 5.82. The van der Waals surface area contributed by atoms with Crippen LogP contribution < -0.4 is 11.1 Å². The summed E-state index contributed by atoms with van der Waals surface area (Å²) in [5, 5.41) is 3.24. The zero-order valence-corrected chi connectivity index (χ0v) is 7.56. The Morgan fingerprint density at radius 3 is 3.18 bits per heavy atom. The molecule has 2 rings (SSSR count). The highest BCUT2D eigenvalue weighted by Gasteiger charge is 2.17. The number of hydrogen-bond acceptors (Lipinski definition) is 2. The fraction of sp³-hybridized carbons (Fsp3) is 0.250. The van der Waals surface area contributed by atoms with E-state index >= 15 is 0 Å². The Labute approximate surface area is 73.9 Å². The summed E-state index contributed by atoms with van der Waals surface area (Å²) in [7, 11) is 0. The smallest absolute Gasteiger partial charge is 0.0491 e. The largest absolute Gasteiger partial charge is 0.383 e. The van der Waals surface area contributed by atoms with Gasteiger partial charge in [0.2, 0.25) is 0 Å². The molecule has 0 aliphatic carbocycles. The van der Waals surface area contributed by atoms with Gasteiger partial charge in [-0.05, 0) is 17.7 Å². The van der Waals surface area contributed by atoms with E-state index in [2.05, 4.69) is 33.4 Å². The number of hydrogen-bond donors (Lipinski definition) is 2. The second-order valence-electron chi connectivity index (χ2n) is 2.72. The molecule has 1 aliphatic heterocycles. The van der Waals surface area contributed by atoms with Crippen molar-refractivity contribution in [1.29, 1.82) is 0 Å². The van der Waals surface area contributed by atoms with Crippen LogP contribution in [0.3, 0.4) is 0 Å². The summed E-state index contributed by atoms with van der Waals surface area (Å²) >= 11 is 3.40. The Hall–Kier alpha value is -0.540. The molecule has 1 heterocycles. The van der Waals surface area contributed by atoms with E-state index in [0.29, 0.717) is 0 Å². The molecule has 0 fully saturated rings. The monoisotopic (exact) mass is 212 g/mol. The number of halogens is 1. The molecule has 11 heavy (non-hydrogen) atoms. The molecule has 3 N–H and O–H groups in total. The molecule has 1 unspecified atom stereocenters. The average Bonchev–Trinajstić information content (AvgIpc) is 2.32. The standard InChI is InChI=1S/C8H9BrN2/c9-5-1-2-6-7(10)4-11-8(6)3-5/h1-3,7,11H,4,10H2. The van der Waals surface area contributed by atoms with E-state index in [1.54, 1.807) is 0 Å². The number of rotatable bonds is 0. The number of fused-ring (bicyclic) bond motifs is 1. The second-order valence-corrected chi connectivity index (χ2v) is 3.63. The van der Waals surface area contributed by atoms with E-state index < -0.39 is 0 Å². The van der Waals surface area contributed by atoms with Gasteiger partial charge in [-0.15, -0.1) is 0 Å². The molecule has 0 saturated heterocycles. The lowest BCUT2D eigenvalue weighted by Gasteiger charge is -2.01. The molecule has 0 bridgehead atoms. The van der Waals surface area contributed by atoms with Crippen molar-refractivity contribution in [3.63, 3.8) is 0 Å². The van der Waals surface area contributed by atoms with Crippen molar-refractivity contribution in [3.05, 3.63) is 28.2 Å². The average molecular weight is 213 g/mol. The van der Waals surface area contributed by atoms with E-state index in [0.717, 1.165) is 16.7 Å². The van der Waals surface area contributed by atoms with Crippen LogP contribution in [0.15, 0.2) is 22.7 Å². The van der Waals surface area contributed by atoms with E-state index in [9.17, 15) is 0 Å². The molecule has 0 aromatic heterocycles. The van der Waals surface area contributed by atoms with Crippen LogP contribution in [0, 0.1) is 0 Å². The van der Waals surface area contributed by atoms with Crippen LogP contribution >= 0.6 is 15.9 Å². The molecule has 3 heteroatoms. The van der Waals surface area contributed by atoms with Crippen molar-refractivity contribution < 1.29 is 0 Å². The summed E-state index contributed by atoms with van der Waals surface area (Å²) in [6, 6.07) is 6.30. The molecule has 1 aromatic rings. The van der Waals surface area contributed by atoms with Crippen LogP contribution in [-0.4, -0.2) is 6.54 Å². The quantitative estimate of drug-likeness (QED) is 0.690. The van der Waals surface area contributed by atoms with Gasteiger partial charge in [0.1, 0.15) is 0 Å². The van der Waals surface area contributed by atoms with Gasteiger partial charge in [0, 0.05) is 22.7 Å². The van der Waals surface area contributed by atoms with Crippen LogP contribution in [0.2, 0.25) is 0 Å². The van der Waals surface area contributed by atoms with E-state index in [-0.39, 0.29) is 6.04 Å². The minimum absolute atomic E-state index is 0.165. The summed E-state index contributed by atoms with van der Waals surface area (Å²) in [6.07, 6.45) is 0. The van der Waals surface area contributed by atoms with Gasteiger partial charge in [-0.3, -0.25) is 0 Å². The summed E-state index contributed by atoms with van der Waals surface area (Å²) < 4.78 is 1.10. The first-order chi connectivity index (χ1) is 5.27. The van der Waals surface area contributed by atoms with E-state index in [4.69, 9.17) is 5.73 Å². The molecule has 0 spiro atoms. The highest BCUT2D eigenvalue weighted by Crippen LogP contribution is 2.30. The molecule has 1 aliphatic rings. The predicted molar refractivity (Wildman–Crippen MR) is 49.6 cm³/mol. The van der Waals surface area contributed by atoms with Gasteiger partial charge in [0.15, 0.2) is 0 Å². The second kappa shape index (κ2) is 2.50. The summed E-state index contributed by atoms with van der Waals surface area (Å²) in [6.45, 7) is 0.853. The lowest BCUT2D eigenvalue weighted by atomic mass is 10.1. The van der Waals surface area contributed by atoms with Crippen LogP contribution in [0.1, 0.15) is 11.6 Å². The van der Waals surface area contributed by atoms with Crippen LogP contribution in [0.5, 0.6) is 0 Å². The van der Waals surface area contributed by atoms with Crippen molar-refractivity contribution in [2.24, 2.45) is 5.73 Å². The van der Waals surface area contributed by atoms with Gasteiger partial charge in [-0.1, -0.05) is 22.0 Å². The molecule has 1 aromatic carbocycles. The topological polar surface area (TPSA) is 38.0 Å². The molecule has 0 saturated carbocycles. The van der Waals surface area contributed by atoms with Gasteiger partial charge < -0.3 is 11.1 Å². The first kappa shape index (κ1) is 7.13. The lowest BCUT2D eigenvalue weighted by Crippen LogP contribution is -2.11. The minimum Gasteiger partial charge on any atom is -0.383 e. The summed E-state index contributed by atoms with van der Waals surface area (Å²) in [5.74, 6) is 0. The lowest BCUT2D eigenvalue weighted by molar-refractivity contribution is 0.808. The summed E-state index contributed by atoms with van der Waals surface area (Å²) in [4.78, 5) is 0. The minimum atomic E-state index is 0.165. The normalized spacial score (nSPS) is 21.1. The number of nitrogens with two attached hydrogens (primary N) is 1. The Kier molecular flexibility index (Phi) is 1.62. The van der Waals surface area contributed by atoms with Gasteiger partial charge in [-0.25, -0.2) is 0 Å². The fourth-order valence-electron chi connectivity index (χ4n) is 1.33. The Bertz CT molecular complexity index is 285. The van der Waals surface area contributed by atoms with Crippen molar-refractivity contribution >= 4 is 21.6 Å². The Morgan fingerprint density at radius 2 is 2.36 bits per heavy atom. The zero-order chi connectivity index (χ0) is 7.84. The maximum absolute atomic E-state index is 5.82. The number of anilines is 1. The van der Waals surface area contributed by atoms with Crippen molar-refractivity contribution in [2.75, 3.05) is 11.9 Å². The molecule has 58 valence electrons. The van der Waals surface area contributed by atoms with Crippen molar-refractivity contribution in [2.45, 2.75) is 6.04 Å². The van der Waals surface area contributed by atoms with Crippen molar-refractivity contribution in [1.82, 2.24) is 0 Å². The third-order valence-electron chi connectivity index (χ3n) is 1.93. The Balaban J connectivity index is 2.50. The van der Waals surface area contributed by atoms with Crippen LogP contribution in [0.25, 0.3) is 0 Å². The van der Waals surface area contributed by atoms with Gasteiger partial charge in [0.05, 0.1) is 0 Å². The molecular weight excluding hydrogens is 204 g/mol. The fourth-order valence-corrected chi connectivity index (χ4v) is 1.70. The third kappa shape index (κ3) is 1.14. The van der Waals surface area contributed by atoms with E-state index in [1.807, 2.05) is 6.07 Å². The first-order valence-electron chi connectivity index (χ1n) is 3.56. The number of benzene rings is 1.